The van der Waals surface area contributed by atoms with E-state index in [9.17, 15) is 13.6 Å². The first-order chi connectivity index (χ1) is 8.27. The van der Waals surface area contributed by atoms with E-state index in [0.717, 1.165) is 18.0 Å². The van der Waals surface area contributed by atoms with Crippen LogP contribution >= 0.6 is 0 Å². The van der Waals surface area contributed by atoms with E-state index in [1.807, 2.05) is 0 Å². The highest BCUT2D eigenvalue weighted by Crippen LogP contribution is 2.43. The van der Waals surface area contributed by atoms with Crippen LogP contribution in [0.25, 0.3) is 0 Å². The Morgan fingerprint density at radius 3 is 2.83 bits per heavy atom. The minimum absolute atomic E-state index is 0.679. The summed E-state index contributed by atoms with van der Waals surface area (Å²) in [5, 5.41) is 20.1. The summed E-state index contributed by atoms with van der Waals surface area (Å²) >= 11 is 0. The molecule has 2 aliphatic rings. The molecule has 2 rings (SSSR count). The van der Waals surface area contributed by atoms with Gasteiger partial charge in [0.15, 0.2) is 11.9 Å². The van der Waals surface area contributed by atoms with Crippen molar-refractivity contribution >= 4 is 6.03 Å². The van der Waals surface area contributed by atoms with Gasteiger partial charge in [0.05, 0.1) is 0 Å². The topological polar surface area (TPSA) is 82.0 Å². The number of rotatable bonds is 2. The number of nitrogens with one attached hydrogen (secondary N) is 1. The van der Waals surface area contributed by atoms with E-state index in [1.54, 1.807) is 0 Å². The van der Waals surface area contributed by atoms with Gasteiger partial charge >= 0.3 is 6.03 Å². The number of halogens is 2. The SMILES string of the molecule is C[C@@]1(F)C[C@@](F)(CO)O[C@H]1N1C=CC(O)NC1=O. The lowest BCUT2D eigenvalue weighted by molar-refractivity contribution is -0.184. The molecule has 6 nitrogen and oxygen atoms in total. The molecule has 18 heavy (non-hydrogen) atoms. The average Bonchev–Trinajstić information content (AvgIpc) is 2.50. The smallest absolute Gasteiger partial charge is 0.325 e. The molecular formula is C10H14F2N2O4. The Morgan fingerprint density at radius 2 is 2.33 bits per heavy atom. The van der Waals surface area contributed by atoms with E-state index in [2.05, 4.69) is 5.32 Å². The molecule has 1 fully saturated rings. The molecule has 0 radical (unpaired) electrons. The van der Waals surface area contributed by atoms with Crippen LogP contribution in [0.15, 0.2) is 12.3 Å². The van der Waals surface area contributed by atoms with E-state index in [1.165, 1.54) is 6.08 Å². The van der Waals surface area contributed by atoms with Gasteiger partial charge in [-0.3, -0.25) is 4.90 Å². The Labute approximate surface area is 102 Å². The van der Waals surface area contributed by atoms with Gasteiger partial charge in [-0.25, -0.2) is 13.6 Å². The van der Waals surface area contributed by atoms with Crippen molar-refractivity contribution in [3.05, 3.63) is 12.3 Å². The van der Waals surface area contributed by atoms with Crippen LogP contribution in [0.4, 0.5) is 13.6 Å². The van der Waals surface area contributed by atoms with Gasteiger partial charge in [-0.15, -0.1) is 0 Å². The van der Waals surface area contributed by atoms with Gasteiger partial charge in [0.2, 0.25) is 5.85 Å². The standard InChI is InChI=1S/C10H14F2N2O4/c1-9(11)4-10(12,5-15)18-7(9)14-3-2-6(16)13-8(14)17/h2-3,6-7,15-16H,4-5H2,1H3,(H,13,17)/t6?,7-,9-,10+/m1/s1. The fourth-order valence-electron chi connectivity index (χ4n) is 2.08. The summed E-state index contributed by atoms with van der Waals surface area (Å²) in [5.74, 6) is -2.52. The molecule has 0 aromatic heterocycles. The fourth-order valence-corrected chi connectivity index (χ4v) is 2.08. The average molecular weight is 264 g/mol. The fraction of sp³-hybridized carbons (Fsp3) is 0.700. The molecule has 102 valence electrons. The van der Waals surface area contributed by atoms with Gasteiger partial charge in [0, 0.05) is 12.6 Å². The number of amides is 2. The van der Waals surface area contributed by atoms with Crippen molar-refractivity contribution in [2.45, 2.75) is 37.3 Å². The Balaban J connectivity index is 2.23. The molecule has 0 aromatic rings. The zero-order valence-electron chi connectivity index (χ0n) is 9.64. The quantitative estimate of drug-likeness (QED) is 0.654. The summed E-state index contributed by atoms with van der Waals surface area (Å²) in [6.45, 7) is 0.0889. The number of nitrogens with zero attached hydrogens (tertiary/aromatic N) is 1. The molecule has 2 aliphatic heterocycles. The van der Waals surface area contributed by atoms with Crippen LogP contribution < -0.4 is 5.32 Å². The van der Waals surface area contributed by atoms with Crippen LogP contribution in [0.5, 0.6) is 0 Å². The lowest BCUT2D eigenvalue weighted by Crippen LogP contribution is -2.54. The van der Waals surface area contributed by atoms with Crippen molar-refractivity contribution < 1.29 is 28.5 Å². The monoisotopic (exact) mass is 264 g/mol. The first kappa shape index (κ1) is 13.2. The summed E-state index contributed by atoms with van der Waals surface area (Å²) in [6.07, 6.45) is -1.04. The number of aliphatic hydroxyl groups is 2. The summed E-state index contributed by atoms with van der Waals surface area (Å²) in [4.78, 5) is 12.4. The van der Waals surface area contributed by atoms with E-state index in [-0.39, 0.29) is 0 Å². The summed E-state index contributed by atoms with van der Waals surface area (Å²) < 4.78 is 32.8. The predicted octanol–water partition coefficient (Wildman–Crippen LogP) is -0.0236. The van der Waals surface area contributed by atoms with Crippen molar-refractivity contribution in [2.75, 3.05) is 6.61 Å². The van der Waals surface area contributed by atoms with Gasteiger partial charge < -0.3 is 20.3 Å². The third-order valence-electron chi connectivity index (χ3n) is 2.87. The normalized spacial score (nSPS) is 44.3. The Kier molecular flexibility index (Phi) is 3.04. The van der Waals surface area contributed by atoms with Crippen molar-refractivity contribution in [2.24, 2.45) is 0 Å². The van der Waals surface area contributed by atoms with E-state index in [4.69, 9.17) is 14.9 Å². The van der Waals surface area contributed by atoms with Crippen LogP contribution in [0.2, 0.25) is 0 Å². The second kappa shape index (κ2) is 4.15. The lowest BCUT2D eigenvalue weighted by Gasteiger charge is -2.33. The van der Waals surface area contributed by atoms with Crippen LogP contribution in [-0.4, -0.2) is 51.7 Å². The molecule has 1 saturated heterocycles. The molecule has 2 heterocycles. The number of aliphatic hydroxyl groups excluding tert-OH is 2. The number of urea groups is 1. The molecule has 2 amide bonds. The third-order valence-corrected chi connectivity index (χ3v) is 2.87. The molecule has 0 aromatic carbocycles. The molecule has 3 N–H and O–H groups in total. The predicted molar refractivity (Wildman–Crippen MR) is 55.4 cm³/mol. The van der Waals surface area contributed by atoms with E-state index in [0.29, 0.717) is 0 Å². The van der Waals surface area contributed by atoms with E-state index >= 15 is 0 Å². The molecule has 0 aliphatic carbocycles. The van der Waals surface area contributed by atoms with Gasteiger partial charge in [-0.05, 0) is 13.0 Å². The highest BCUT2D eigenvalue weighted by molar-refractivity contribution is 5.77. The van der Waals surface area contributed by atoms with Gasteiger partial charge in [-0.1, -0.05) is 0 Å². The molecule has 0 bridgehead atoms. The zero-order valence-corrected chi connectivity index (χ0v) is 9.64. The summed E-state index contributed by atoms with van der Waals surface area (Å²) in [6, 6.07) is -0.805. The number of carbonyl (C=O) groups excluding carboxylic acids is 1. The third kappa shape index (κ3) is 2.18. The van der Waals surface area contributed by atoms with Crippen molar-refractivity contribution in [3.8, 4) is 0 Å². The first-order valence-corrected chi connectivity index (χ1v) is 5.39. The van der Waals surface area contributed by atoms with Crippen LogP contribution in [0, 0.1) is 0 Å². The molecule has 0 saturated carbocycles. The van der Waals surface area contributed by atoms with Crippen LogP contribution in [-0.2, 0) is 4.74 Å². The Morgan fingerprint density at radius 1 is 1.67 bits per heavy atom. The molecular weight excluding hydrogens is 250 g/mol. The second-order valence-electron chi connectivity index (χ2n) is 4.61. The van der Waals surface area contributed by atoms with Crippen molar-refractivity contribution in [3.63, 3.8) is 0 Å². The minimum Gasteiger partial charge on any atom is -0.390 e. The number of hydrogen-bond donors (Lipinski definition) is 3. The summed E-state index contributed by atoms with van der Waals surface area (Å²) in [7, 11) is 0. The second-order valence-corrected chi connectivity index (χ2v) is 4.61. The maximum Gasteiger partial charge on any atom is 0.325 e. The molecule has 4 atom stereocenters. The number of hydrogen-bond acceptors (Lipinski definition) is 4. The maximum atomic E-state index is 14.2. The minimum atomic E-state index is -2.52. The first-order valence-electron chi connectivity index (χ1n) is 5.39. The summed E-state index contributed by atoms with van der Waals surface area (Å²) in [5.41, 5.74) is -2.15. The number of carbonyl (C=O) groups is 1. The van der Waals surface area contributed by atoms with Crippen LogP contribution in [0.3, 0.4) is 0 Å². The van der Waals surface area contributed by atoms with Gasteiger partial charge in [0.1, 0.15) is 12.8 Å². The largest absolute Gasteiger partial charge is 0.390 e. The van der Waals surface area contributed by atoms with Gasteiger partial charge in [0.25, 0.3) is 0 Å². The highest BCUT2D eigenvalue weighted by Gasteiger charge is 2.58. The van der Waals surface area contributed by atoms with E-state index < -0.39 is 43.0 Å². The maximum absolute atomic E-state index is 14.2. The van der Waals surface area contributed by atoms with Gasteiger partial charge in [-0.2, -0.15) is 0 Å². The molecule has 1 unspecified atom stereocenters. The Hall–Kier alpha value is -1.25. The molecule has 8 heteroatoms. The zero-order chi connectivity index (χ0) is 13.6. The van der Waals surface area contributed by atoms with Crippen molar-refractivity contribution in [1.82, 2.24) is 10.2 Å². The molecule has 0 spiro atoms. The Bertz CT molecular complexity index is 390. The van der Waals surface area contributed by atoms with Crippen LogP contribution in [0.1, 0.15) is 13.3 Å². The highest BCUT2D eigenvalue weighted by atomic mass is 19.2. The van der Waals surface area contributed by atoms with Crippen molar-refractivity contribution in [1.29, 1.82) is 0 Å². The number of alkyl halides is 2. The number of ether oxygens (including phenoxy) is 1. The lowest BCUT2D eigenvalue weighted by atomic mass is 10.0.